The highest BCUT2D eigenvalue weighted by Gasteiger charge is 2.45. The molecule has 7 nitrogen and oxygen atoms in total. The minimum atomic E-state index is -0.864. The number of carbonyl (C=O) groups is 2. The van der Waals surface area contributed by atoms with E-state index in [1.54, 1.807) is 24.3 Å². The second kappa shape index (κ2) is 9.33. The smallest absolute Gasteiger partial charge is 0.294 e. The zero-order chi connectivity index (χ0) is 26.4. The van der Waals surface area contributed by atoms with E-state index in [2.05, 4.69) is 0 Å². The predicted octanol–water partition coefficient (Wildman–Crippen LogP) is 6.25. The third-order valence-electron chi connectivity index (χ3n) is 6.45. The molecule has 0 fully saturated rings. The van der Waals surface area contributed by atoms with Gasteiger partial charge in [-0.25, -0.2) is 0 Å². The topological polar surface area (TPSA) is 83.2 Å². The van der Waals surface area contributed by atoms with Crippen LogP contribution in [0.4, 0.5) is 11.4 Å². The normalized spacial score (nSPS) is 15.5. The first-order valence-electron chi connectivity index (χ1n) is 11.6. The van der Waals surface area contributed by atoms with Crippen LogP contribution in [0, 0.1) is 6.92 Å². The number of amides is 1. The number of hydrogen-bond acceptors (Lipinski definition) is 6. The number of Topliss-reactive ketones (excluding diaryl/α,β-unsaturated/α-hetero) is 1. The molecule has 37 heavy (non-hydrogen) atoms. The summed E-state index contributed by atoms with van der Waals surface area (Å²) in [5, 5.41) is 12.0. The molecule has 3 aromatic carbocycles. The van der Waals surface area contributed by atoms with Crippen LogP contribution in [0.15, 0.2) is 82.5 Å². The first-order valence-corrected chi connectivity index (χ1v) is 12.0. The van der Waals surface area contributed by atoms with Crippen molar-refractivity contribution in [3.8, 4) is 5.75 Å². The molecule has 4 aromatic rings. The molecule has 1 amide bonds. The van der Waals surface area contributed by atoms with Gasteiger partial charge in [-0.05, 0) is 54.4 Å². The van der Waals surface area contributed by atoms with E-state index < -0.39 is 23.5 Å². The van der Waals surface area contributed by atoms with Gasteiger partial charge in [0.1, 0.15) is 0 Å². The van der Waals surface area contributed by atoms with Crippen LogP contribution >= 0.6 is 11.6 Å². The Kier molecular flexibility index (Phi) is 6.17. The predicted molar refractivity (Wildman–Crippen MR) is 144 cm³/mol. The van der Waals surface area contributed by atoms with E-state index in [1.165, 1.54) is 12.0 Å². The van der Waals surface area contributed by atoms with E-state index in [0.717, 1.165) is 11.3 Å². The fourth-order valence-corrected chi connectivity index (χ4v) is 4.85. The maximum Gasteiger partial charge on any atom is 0.294 e. The minimum absolute atomic E-state index is 0.0362. The summed E-state index contributed by atoms with van der Waals surface area (Å²) >= 11 is 6.19. The van der Waals surface area contributed by atoms with E-state index in [-0.39, 0.29) is 11.3 Å². The highest BCUT2D eigenvalue weighted by molar-refractivity contribution is 6.31. The van der Waals surface area contributed by atoms with Crippen molar-refractivity contribution in [2.45, 2.75) is 13.0 Å². The quantitative estimate of drug-likeness (QED) is 0.305. The number of ketones is 1. The highest BCUT2D eigenvalue weighted by Crippen LogP contribution is 2.43. The van der Waals surface area contributed by atoms with Gasteiger partial charge in [-0.3, -0.25) is 14.5 Å². The van der Waals surface area contributed by atoms with Gasteiger partial charge in [-0.2, -0.15) is 0 Å². The maximum absolute atomic E-state index is 13.9. The van der Waals surface area contributed by atoms with E-state index in [1.807, 2.05) is 68.4 Å². The molecule has 1 N–H and O–H groups in total. The molecule has 8 heteroatoms. The number of aliphatic hydroxyl groups excluding tert-OH is 1. The third kappa shape index (κ3) is 4.21. The Labute approximate surface area is 219 Å². The Morgan fingerprint density at radius 2 is 1.81 bits per heavy atom. The molecular weight excluding hydrogens is 492 g/mol. The van der Waals surface area contributed by atoms with Crippen molar-refractivity contribution in [2.24, 2.45) is 0 Å². The van der Waals surface area contributed by atoms with Gasteiger partial charge in [-0.1, -0.05) is 35.9 Å². The van der Waals surface area contributed by atoms with Gasteiger partial charge >= 0.3 is 0 Å². The zero-order valence-electron chi connectivity index (χ0n) is 20.8. The van der Waals surface area contributed by atoms with Crippen molar-refractivity contribution in [3.63, 3.8) is 0 Å². The number of rotatable bonds is 6. The highest BCUT2D eigenvalue weighted by atomic mass is 35.5. The lowest BCUT2D eigenvalue weighted by Gasteiger charge is -2.27. The summed E-state index contributed by atoms with van der Waals surface area (Å²) in [6.45, 7) is 1.91. The lowest BCUT2D eigenvalue weighted by atomic mass is 9.94. The number of ether oxygens (including phenoxy) is 1. The summed E-state index contributed by atoms with van der Waals surface area (Å²) in [7, 11) is 5.33. The number of carbonyl (C=O) groups excluding carboxylic acids is 2. The van der Waals surface area contributed by atoms with Crippen molar-refractivity contribution < 1.29 is 23.8 Å². The van der Waals surface area contributed by atoms with Crippen LogP contribution in [0.25, 0.3) is 11.0 Å². The van der Waals surface area contributed by atoms with E-state index in [0.29, 0.717) is 33.0 Å². The molecule has 0 radical (unpaired) electrons. The summed E-state index contributed by atoms with van der Waals surface area (Å²) in [4.78, 5) is 30.7. The molecule has 0 bridgehead atoms. The summed E-state index contributed by atoms with van der Waals surface area (Å²) in [5.41, 5.74) is 3.42. The van der Waals surface area contributed by atoms with E-state index >= 15 is 0 Å². The standard InChI is InChI=1S/C29H25ClN2O5/c1-16-6-5-7-21(12-16)32-25(17-8-10-20(11-9-17)31(2)3)24(27(34)29(32)35)26(33)22-14-18-13-19(30)15-23(36-4)28(18)37-22/h5-15,25,34H,1-4H3. The first-order chi connectivity index (χ1) is 17.7. The molecule has 1 aliphatic heterocycles. The number of hydrogen-bond donors (Lipinski definition) is 1. The molecule has 1 atom stereocenters. The van der Waals surface area contributed by atoms with Gasteiger partial charge in [0.25, 0.3) is 5.91 Å². The van der Waals surface area contributed by atoms with Gasteiger partial charge in [0.2, 0.25) is 5.78 Å². The fraction of sp³-hybridized carbons (Fsp3) is 0.172. The number of anilines is 2. The van der Waals surface area contributed by atoms with Crippen LogP contribution in [0.3, 0.4) is 0 Å². The molecule has 1 unspecified atom stereocenters. The molecular formula is C29H25ClN2O5. The largest absolute Gasteiger partial charge is 0.503 e. The monoisotopic (exact) mass is 516 g/mol. The molecule has 0 saturated heterocycles. The number of furan rings is 1. The summed E-state index contributed by atoms with van der Waals surface area (Å²) in [6.07, 6.45) is 0. The molecule has 5 rings (SSSR count). The van der Waals surface area contributed by atoms with Gasteiger partial charge in [0, 0.05) is 41.9 Å². The Bertz CT molecular complexity index is 1570. The second-order valence-electron chi connectivity index (χ2n) is 9.13. The average Bonchev–Trinajstić information content (AvgIpc) is 3.42. The average molecular weight is 517 g/mol. The van der Waals surface area contributed by atoms with Gasteiger partial charge in [-0.15, -0.1) is 0 Å². The summed E-state index contributed by atoms with van der Waals surface area (Å²) in [6, 6.07) is 18.8. The number of aryl methyl sites for hydroxylation is 1. The molecule has 0 saturated carbocycles. The summed E-state index contributed by atoms with van der Waals surface area (Å²) < 4.78 is 11.2. The van der Waals surface area contributed by atoms with Crippen molar-refractivity contribution in [1.82, 2.24) is 0 Å². The van der Waals surface area contributed by atoms with Crippen LogP contribution in [0.5, 0.6) is 5.75 Å². The van der Waals surface area contributed by atoms with Crippen LogP contribution in [0.1, 0.15) is 27.7 Å². The van der Waals surface area contributed by atoms with Gasteiger partial charge in [0.05, 0.1) is 18.7 Å². The van der Waals surface area contributed by atoms with Gasteiger partial charge < -0.3 is 19.2 Å². The minimum Gasteiger partial charge on any atom is -0.503 e. The number of nitrogens with zero attached hydrogens (tertiary/aromatic N) is 2. The van der Waals surface area contributed by atoms with Crippen LogP contribution in [-0.4, -0.2) is 38.0 Å². The van der Waals surface area contributed by atoms with Crippen molar-refractivity contribution in [1.29, 1.82) is 0 Å². The van der Waals surface area contributed by atoms with E-state index in [4.69, 9.17) is 20.8 Å². The number of halogens is 1. The van der Waals surface area contributed by atoms with Crippen LogP contribution in [0.2, 0.25) is 5.02 Å². The number of methoxy groups -OCH3 is 1. The molecule has 188 valence electrons. The third-order valence-corrected chi connectivity index (χ3v) is 6.67. The van der Waals surface area contributed by atoms with Crippen LogP contribution in [-0.2, 0) is 4.79 Å². The number of aliphatic hydroxyl groups is 1. The Hall–Kier alpha value is -4.23. The Morgan fingerprint density at radius 1 is 1.08 bits per heavy atom. The fourth-order valence-electron chi connectivity index (χ4n) is 4.63. The molecule has 1 aliphatic rings. The van der Waals surface area contributed by atoms with Crippen LogP contribution < -0.4 is 14.5 Å². The lowest BCUT2D eigenvalue weighted by Crippen LogP contribution is -2.31. The van der Waals surface area contributed by atoms with Crippen molar-refractivity contribution in [3.05, 3.63) is 100.0 Å². The Morgan fingerprint density at radius 3 is 2.46 bits per heavy atom. The number of fused-ring (bicyclic) bond motifs is 1. The second-order valence-corrected chi connectivity index (χ2v) is 9.57. The zero-order valence-corrected chi connectivity index (χ0v) is 21.5. The molecule has 0 aliphatic carbocycles. The van der Waals surface area contributed by atoms with Crippen molar-refractivity contribution >= 4 is 45.6 Å². The van der Waals surface area contributed by atoms with Crippen molar-refractivity contribution in [2.75, 3.05) is 31.0 Å². The van der Waals surface area contributed by atoms with Gasteiger partial charge in [0.15, 0.2) is 22.9 Å². The summed E-state index contributed by atoms with van der Waals surface area (Å²) in [5.74, 6) is -1.53. The molecule has 1 aromatic heterocycles. The lowest BCUT2D eigenvalue weighted by molar-refractivity contribution is -0.117. The SMILES string of the molecule is COc1cc(Cl)cc2cc(C(=O)C3=C(O)C(=O)N(c4cccc(C)c4)C3c3ccc(N(C)C)cc3)oc12. The number of benzene rings is 3. The van der Waals surface area contributed by atoms with E-state index in [9.17, 15) is 14.7 Å². The Balaban J connectivity index is 1.66. The molecule has 0 spiro atoms. The maximum atomic E-state index is 13.9. The first kappa shape index (κ1) is 24.5. The molecule has 2 heterocycles.